The fourth-order valence-corrected chi connectivity index (χ4v) is 1.77. The van der Waals surface area contributed by atoms with Gasteiger partial charge in [-0.05, 0) is 25.4 Å². The molecule has 0 saturated carbocycles. The van der Waals surface area contributed by atoms with Crippen LogP contribution in [0, 0.1) is 5.92 Å². The third-order valence-electron chi connectivity index (χ3n) is 2.62. The Hall–Kier alpha value is -0.900. The molecule has 1 aliphatic heterocycles. The molecule has 1 rings (SSSR count). The van der Waals surface area contributed by atoms with Crippen LogP contribution in [0.5, 0.6) is 0 Å². The summed E-state index contributed by atoms with van der Waals surface area (Å²) in [5.74, 6) is 0.320. The molecular weight excluding hydrogens is 192 g/mol. The molecule has 4 heteroatoms. The second-order valence-electron chi connectivity index (χ2n) is 4.16. The van der Waals surface area contributed by atoms with E-state index in [0.717, 1.165) is 19.5 Å². The van der Waals surface area contributed by atoms with E-state index in [9.17, 15) is 9.59 Å². The van der Waals surface area contributed by atoms with E-state index in [-0.39, 0.29) is 11.8 Å². The standard InChI is InChI=1S/C11H20N2O2/c1-3-12-7-9(2)8-13-10(14)5-4-6-11(13)15/h9,12H,3-8H2,1-2H3. The Morgan fingerprint density at radius 3 is 2.47 bits per heavy atom. The van der Waals surface area contributed by atoms with Crippen LogP contribution in [0.25, 0.3) is 0 Å². The summed E-state index contributed by atoms with van der Waals surface area (Å²) < 4.78 is 0. The van der Waals surface area contributed by atoms with Crippen molar-refractivity contribution in [3.05, 3.63) is 0 Å². The average Bonchev–Trinajstić information content (AvgIpc) is 2.21. The number of carbonyl (C=O) groups is 2. The van der Waals surface area contributed by atoms with Crippen molar-refractivity contribution in [3.63, 3.8) is 0 Å². The summed E-state index contributed by atoms with van der Waals surface area (Å²) in [6.45, 7) is 6.44. The summed E-state index contributed by atoms with van der Waals surface area (Å²) in [7, 11) is 0. The molecule has 0 aromatic rings. The van der Waals surface area contributed by atoms with Gasteiger partial charge in [0, 0.05) is 19.4 Å². The van der Waals surface area contributed by atoms with Crippen molar-refractivity contribution in [3.8, 4) is 0 Å². The second-order valence-corrected chi connectivity index (χ2v) is 4.16. The highest BCUT2D eigenvalue weighted by Crippen LogP contribution is 2.13. The first kappa shape index (κ1) is 12.2. The molecule has 1 fully saturated rings. The van der Waals surface area contributed by atoms with E-state index in [4.69, 9.17) is 0 Å². The van der Waals surface area contributed by atoms with Crippen LogP contribution in [0.3, 0.4) is 0 Å². The van der Waals surface area contributed by atoms with Gasteiger partial charge >= 0.3 is 0 Å². The maximum Gasteiger partial charge on any atom is 0.229 e. The largest absolute Gasteiger partial charge is 0.317 e. The number of carbonyl (C=O) groups excluding carboxylic acids is 2. The smallest absolute Gasteiger partial charge is 0.229 e. The number of piperidine rings is 1. The molecule has 1 heterocycles. The molecule has 1 unspecified atom stereocenters. The molecular formula is C11H20N2O2. The molecule has 0 aromatic carbocycles. The number of imide groups is 1. The van der Waals surface area contributed by atoms with E-state index in [1.165, 1.54) is 4.90 Å². The predicted octanol–water partition coefficient (Wildman–Crippen LogP) is 0.771. The van der Waals surface area contributed by atoms with Gasteiger partial charge in [-0.1, -0.05) is 13.8 Å². The van der Waals surface area contributed by atoms with E-state index < -0.39 is 0 Å². The summed E-state index contributed by atoms with van der Waals surface area (Å²) in [4.78, 5) is 24.4. The van der Waals surface area contributed by atoms with Crippen molar-refractivity contribution >= 4 is 11.8 Å². The number of hydrogen-bond acceptors (Lipinski definition) is 3. The van der Waals surface area contributed by atoms with Gasteiger partial charge in [0.15, 0.2) is 0 Å². The van der Waals surface area contributed by atoms with Crippen molar-refractivity contribution in [2.24, 2.45) is 5.92 Å². The lowest BCUT2D eigenvalue weighted by Gasteiger charge is -2.27. The van der Waals surface area contributed by atoms with Crippen LogP contribution in [-0.4, -0.2) is 36.3 Å². The van der Waals surface area contributed by atoms with Crippen LogP contribution < -0.4 is 5.32 Å². The second kappa shape index (κ2) is 5.85. The van der Waals surface area contributed by atoms with Crippen molar-refractivity contribution in [2.45, 2.75) is 33.1 Å². The molecule has 0 bridgehead atoms. The first-order valence-corrected chi connectivity index (χ1v) is 5.69. The highest BCUT2D eigenvalue weighted by Gasteiger charge is 2.26. The lowest BCUT2D eigenvalue weighted by Crippen LogP contribution is -2.44. The van der Waals surface area contributed by atoms with E-state index >= 15 is 0 Å². The van der Waals surface area contributed by atoms with E-state index in [0.29, 0.717) is 25.3 Å². The minimum Gasteiger partial charge on any atom is -0.317 e. The van der Waals surface area contributed by atoms with Crippen LogP contribution in [-0.2, 0) is 9.59 Å². The van der Waals surface area contributed by atoms with Crippen LogP contribution >= 0.6 is 0 Å². The molecule has 86 valence electrons. The number of nitrogens with one attached hydrogen (secondary N) is 1. The number of nitrogens with zero attached hydrogens (tertiary/aromatic N) is 1. The van der Waals surface area contributed by atoms with Gasteiger partial charge in [-0.25, -0.2) is 0 Å². The SMILES string of the molecule is CCNCC(C)CN1C(=O)CCCC1=O. The molecule has 15 heavy (non-hydrogen) atoms. The van der Waals surface area contributed by atoms with Gasteiger partial charge in [-0.2, -0.15) is 0 Å². The normalized spacial score (nSPS) is 19.5. The Kier molecular flexibility index (Phi) is 4.75. The van der Waals surface area contributed by atoms with Crippen molar-refractivity contribution in [2.75, 3.05) is 19.6 Å². The maximum absolute atomic E-state index is 11.5. The summed E-state index contributed by atoms with van der Waals surface area (Å²) in [5, 5.41) is 3.22. The van der Waals surface area contributed by atoms with Crippen molar-refractivity contribution < 1.29 is 9.59 Å². The number of amides is 2. The van der Waals surface area contributed by atoms with Crippen LogP contribution in [0.2, 0.25) is 0 Å². The van der Waals surface area contributed by atoms with Gasteiger partial charge in [0.25, 0.3) is 0 Å². The van der Waals surface area contributed by atoms with Crippen LogP contribution in [0.4, 0.5) is 0 Å². The fraction of sp³-hybridized carbons (Fsp3) is 0.818. The minimum absolute atomic E-state index is 0.00500. The van der Waals surface area contributed by atoms with Gasteiger partial charge in [0.2, 0.25) is 11.8 Å². The number of rotatable bonds is 5. The van der Waals surface area contributed by atoms with Crippen LogP contribution in [0.15, 0.2) is 0 Å². The summed E-state index contributed by atoms with van der Waals surface area (Å²) in [6, 6.07) is 0. The first-order chi connectivity index (χ1) is 7.15. The van der Waals surface area contributed by atoms with E-state index in [1.807, 2.05) is 6.92 Å². The Morgan fingerprint density at radius 1 is 1.33 bits per heavy atom. The molecule has 1 saturated heterocycles. The molecule has 0 spiro atoms. The zero-order valence-corrected chi connectivity index (χ0v) is 9.58. The van der Waals surface area contributed by atoms with Gasteiger partial charge in [-0.15, -0.1) is 0 Å². The number of likely N-dealkylation sites (tertiary alicyclic amines) is 1. The van der Waals surface area contributed by atoms with Crippen molar-refractivity contribution in [1.29, 1.82) is 0 Å². The first-order valence-electron chi connectivity index (χ1n) is 5.69. The molecule has 0 radical (unpaired) electrons. The zero-order valence-electron chi connectivity index (χ0n) is 9.58. The zero-order chi connectivity index (χ0) is 11.3. The Balaban J connectivity index is 2.40. The lowest BCUT2D eigenvalue weighted by atomic mass is 10.1. The number of hydrogen-bond donors (Lipinski definition) is 1. The highest BCUT2D eigenvalue weighted by atomic mass is 16.2. The quantitative estimate of drug-likeness (QED) is 0.685. The highest BCUT2D eigenvalue weighted by molar-refractivity contribution is 5.97. The van der Waals surface area contributed by atoms with E-state index in [2.05, 4.69) is 12.2 Å². The molecule has 1 aliphatic rings. The molecule has 1 atom stereocenters. The lowest BCUT2D eigenvalue weighted by molar-refractivity contribution is -0.148. The molecule has 4 nitrogen and oxygen atoms in total. The topological polar surface area (TPSA) is 49.4 Å². The molecule has 2 amide bonds. The van der Waals surface area contributed by atoms with Gasteiger partial charge < -0.3 is 5.32 Å². The third kappa shape index (κ3) is 3.63. The van der Waals surface area contributed by atoms with Gasteiger partial charge in [-0.3, -0.25) is 14.5 Å². The Bertz CT molecular complexity index is 225. The summed E-state index contributed by atoms with van der Waals surface area (Å²) in [5.41, 5.74) is 0. The molecule has 1 N–H and O–H groups in total. The summed E-state index contributed by atoms with van der Waals surface area (Å²) >= 11 is 0. The van der Waals surface area contributed by atoms with Crippen molar-refractivity contribution in [1.82, 2.24) is 10.2 Å². The average molecular weight is 212 g/mol. The Morgan fingerprint density at radius 2 is 1.93 bits per heavy atom. The fourth-order valence-electron chi connectivity index (χ4n) is 1.77. The predicted molar refractivity (Wildman–Crippen MR) is 58.3 cm³/mol. The monoisotopic (exact) mass is 212 g/mol. The third-order valence-corrected chi connectivity index (χ3v) is 2.62. The maximum atomic E-state index is 11.5. The molecule has 0 aliphatic carbocycles. The Labute approximate surface area is 91.0 Å². The van der Waals surface area contributed by atoms with E-state index in [1.54, 1.807) is 0 Å². The minimum atomic E-state index is -0.00500. The van der Waals surface area contributed by atoms with Gasteiger partial charge in [0.05, 0.1) is 0 Å². The molecule has 0 aromatic heterocycles. The van der Waals surface area contributed by atoms with Gasteiger partial charge in [0.1, 0.15) is 0 Å². The van der Waals surface area contributed by atoms with Crippen LogP contribution in [0.1, 0.15) is 33.1 Å². The summed E-state index contributed by atoms with van der Waals surface area (Å²) in [6.07, 6.45) is 1.77.